The van der Waals surface area contributed by atoms with E-state index >= 15 is 0 Å². The Bertz CT molecular complexity index is 739. The Morgan fingerprint density at radius 3 is 2.68 bits per heavy atom. The lowest BCUT2D eigenvalue weighted by molar-refractivity contribution is -0.136. The van der Waals surface area contributed by atoms with Crippen LogP contribution in [0.3, 0.4) is 0 Å². The first-order chi connectivity index (χ1) is 11.8. The molecule has 3 rings (SSSR count). The van der Waals surface area contributed by atoms with Gasteiger partial charge in [-0.1, -0.05) is 18.2 Å². The monoisotopic (exact) mass is 344 g/mol. The van der Waals surface area contributed by atoms with Crippen molar-refractivity contribution in [1.29, 1.82) is 0 Å². The van der Waals surface area contributed by atoms with Crippen molar-refractivity contribution in [2.75, 3.05) is 19.7 Å². The molecule has 1 aromatic heterocycles. The number of aryl methyl sites for hydroxylation is 2. The Labute approximate surface area is 147 Å². The summed E-state index contributed by atoms with van der Waals surface area (Å²) in [6, 6.07) is 9.59. The maximum atomic E-state index is 12.8. The lowest BCUT2D eigenvalue weighted by Crippen LogP contribution is -2.56. The third kappa shape index (κ3) is 4.20. The van der Waals surface area contributed by atoms with Gasteiger partial charge in [-0.05, 0) is 32.9 Å². The Kier molecular flexibility index (Phi) is 4.81. The van der Waals surface area contributed by atoms with Gasteiger partial charge in [-0.25, -0.2) is 4.98 Å². The topological polar surface area (TPSA) is 64.8 Å². The minimum atomic E-state index is -0.453. The SMILES string of the molecule is Cc1nc(C(=O)N2C[C@H](COc3ccccc3)OC(C)(C)C2)c(C)o1. The molecule has 134 valence electrons. The average Bonchev–Trinajstić information content (AvgIpc) is 2.90. The summed E-state index contributed by atoms with van der Waals surface area (Å²) in [7, 11) is 0. The predicted octanol–water partition coefficient (Wildman–Crippen LogP) is 2.99. The van der Waals surface area contributed by atoms with E-state index in [-0.39, 0.29) is 12.0 Å². The van der Waals surface area contributed by atoms with Crippen molar-refractivity contribution in [2.45, 2.75) is 39.4 Å². The molecular weight excluding hydrogens is 320 g/mol. The van der Waals surface area contributed by atoms with E-state index in [2.05, 4.69) is 4.98 Å². The maximum absolute atomic E-state index is 12.8. The molecule has 2 heterocycles. The van der Waals surface area contributed by atoms with Gasteiger partial charge in [0.2, 0.25) is 0 Å². The van der Waals surface area contributed by atoms with Crippen molar-refractivity contribution in [3.05, 3.63) is 47.7 Å². The highest BCUT2D eigenvalue weighted by atomic mass is 16.5. The first-order valence-corrected chi connectivity index (χ1v) is 8.43. The standard InChI is InChI=1S/C19H24N2O4/c1-13-17(20-14(2)24-13)18(22)21-10-16(25-19(3,4)12-21)11-23-15-8-6-5-7-9-15/h5-9,16H,10-12H2,1-4H3/t16-/m1/s1. The van der Waals surface area contributed by atoms with Crippen LogP contribution in [0.4, 0.5) is 0 Å². The highest BCUT2D eigenvalue weighted by Crippen LogP contribution is 2.24. The van der Waals surface area contributed by atoms with E-state index in [0.29, 0.717) is 37.0 Å². The summed E-state index contributed by atoms with van der Waals surface area (Å²) >= 11 is 0. The van der Waals surface area contributed by atoms with Gasteiger partial charge >= 0.3 is 0 Å². The predicted molar refractivity (Wildman–Crippen MR) is 92.8 cm³/mol. The quantitative estimate of drug-likeness (QED) is 0.853. The number of hydrogen-bond donors (Lipinski definition) is 0. The molecule has 6 nitrogen and oxygen atoms in total. The van der Waals surface area contributed by atoms with Gasteiger partial charge in [-0.3, -0.25) is 4.79 Å². The number of ether oxygens (including phenoxy) is 2. The largest absolute Gasteiger partial charge is 0.491 e. The van der Waals surface area contributed by atoms with Crippen LogP contribution >= 0.6 is 0 Å². The van der Waals surface area contributed by atoms with E-state index in [1.54, 1.807) is 18.7 Å². The fraction of sp³-hybridized carbons (Fsp3) is 0.474. The Morgan fingerprint density at radius 1 is 1.32 bits per heavy atom. The lowest BCUT2D eigenvalue weighted by Gasteiger charge is -2.42. The summed E-state index contributed by atoms with van der Waals surface area (Å²) in [6.07, 6.45) is -0.207. The molecule has 2 aromatic rings. The number of carbonyl (C=O) groups excluding carboxylic acids is 1. The van der Waals surface area contributed by atoms with Crippen LogP contribution in [0.2, 0.25) is 0 Å². The molecule has 25 heavy (non-hydrogen) atoms. The minimum absolute atomic E-state index is 0.129. The fourth-order valence-corrected chi connectivity index (χ4v) is 3.12. The number of para-hydroxylation sites is 1. The van der Waals surface area contributed by atoms with E-state index in [0.717, 1.165) is 5.75 Å². The number of hydrogen-bond acceptors (Lipinski definition) is 5. The molecule has 1 amide bonds. The van der Waals surface area contributed by atoms with E-state index in [4.69, 9.17) is 13.9 Å². The van der Waals surface area contributed by atoms with Crippen molar-refractivity contribution in [3.63, 3.8) is 0 Å². The zero-order valence-electron chi connectivity index (χ0n) is 15.1. The van der Waals surface area contributed by atoms with Gasteiger partial charge in [-0.2, -0.15) is 0 Å². The van der Waals surface area contributed by atoms with Crippen LogP contribution in [-0.4, -0.2) is 47.2 Å². The molecule has 0 bridgehead atoms. The van der Waals surface area contributed by atoms with Gasteiger partial charge in [0.25, 0.3) is 5.91 Å². The summed E-state index contributed by atoms with van der Waals surface area (Å²) < 4.78 is 17.3. The number of oxazole rings is 1. The summed E-state index contributed by atoms with van der Waals surface area (Å²) in [4.78, 5) is 18.8. The maximum Gasteiger partial charge on any atom is 0.276 e. The third-order valence-corrected chi connectivity index (χ3v) is 4.05. The molecule has 6 heteroatoms. The molecule has 0 unspecified atom stereocenters. The molecule has 0 radical (unpaired) electrons. The Hall–Kier alpha value is -2.34. The second-order valence-corrected chi connectivity index (χ2v) is 6.95. The lowest BCUT2D eigenvalue weighted by atomic mass is 10.0. The smallest absolute Gasteiger partial charge is 0.276 e. The van der Waals surface area contributed by atoms with Crippen LogP contribution in [0.1, 0.15) is 36.0 Å². The van der Waals surface area contributed by atoms with E-state index in [1.165, 1.54) is 0 Å². The fourth-order valence-electron chi connectivity index (χ4n) is 3.12. The minimum Gasteiger partial charge on any atom is -0.491 e. The van der Waals surface area contributed by atoms with E-state index in [1.807, 2.05) is 44.2 Å². The second-order valence-electron chi connectivity index (χ2n) is 6.95. The molecule has 1 saturated heterocycles. The van der Waals surface area contributed by atoms with E-state index < -0.39 is 5.60 Å². The van der Waals surface area contributed by atoms with Crippen molar-refractivity contribution in [3.8, 4) is 5.75 Å². The highest BCUT2D eigenvalue weighted by Gasteiger charge is 2.37. The van der Waals surface area contributed by atoms with Gasteiger partial charge in [0.05, 0.1) is 12.1 Å². The number of aromatic nitrogens is 1. The molecule has 1 aliphatic rings. The first-order valence-electron chi connectivity index (χ1n) is 8.43. The van der Waals surface area contributed by atoms with Crippen LogP contribution in [-0.2, 0) is 4.74 Å². The molecule has 1 atom stereocenters. The van der Waals surface area contributed by atoms with Crippen LogP contribution in [0.15, 0.2) is 34.7 Å². The number of morpholine rings is 1. The Morgan fingerprint density at radius 2 is 2.04 bits per heavy atom. The number of amides is 1. The molecule has 0 aliphatic carbocycles. The molecular formula is C19H24N2O4. The zero-order chi connectivity index (χ0) is 18.0. The van der Waals surface area contributed by atoms with Gasteiger partial charge in [0, 0.05) is 13.5 Å². The normalized spacial score (nSPS) is 19.7. The number of benzene rings is 1. The highest BCUT2D eigenvalue weighted by molar-refractivity contribution is 5.93. The van der Waals surface area contributed by atoms with Crippen molar-refractivity contribution in [2.24, 2.45) is 0 Å². The first kappa shape index (κ1) is 17.5. The molecule has 1 fully saturated rings. The van der Waals surface area contributed by atoms with Gasteiger partial charge in [0.1, 0.15) is 24.2 Å². The molecule has 0 spiro atoms. The Balaban J connectivity index is 1.70. The number of carbonyl (C=O) groups is 1. The number of nitrogens with zero attached hydrogens (tertiary/aromatic N) is 2. The second kappa shape index (κ2) is 6.88. The summed E-state index contributed by atoms with van der Waals surface area (Å²) in [5, 5.41) is 0. The van der Waals surface area contributed by atoms with Crippen molar-refractivity contribution in [1.82, 2.24) is 9.88 Å². The summed E-state index contributed by atoms with van der Waals surface area (Å²) in [6.45, 7) is 8.79. The molecule has 1 aliphatic heterocycles. The van der Waals surface area contributed by atoms with Crippen LogP contribution in [0.25, 0.3) is 0 Å². The van der Waals surface area contributed by atoms with E-state index in [9.17, 15) is 4.79 Å². The number of rotatable bonds is 4. The van der Waals surface area contributed by atoms with Crippen molar-refractivity contribution < 1.29 is 18.7 Å². The molecule has 0 saturated carbocycles. The van der Waals surface area contributed by atoms with Crippen LogP contribution < -0.4 is 4.74 Å². The van der Waals surface area contributed by atoms with Crippen molar-refractivity contribution >= 4 is 5.91 Å². The molecule has 0 N–H and O–H groups in total. The van der Waals surface area contributed by atoms with Crippen LogP contribution in [0, 0.1) is 13.8 Å². The average molecular weight is 344 g/mol. The van der Waals surface area contributed by atoms with Gasteiger partial charge < -0.3 is 18.8 Å². The zero-order valence-corrected chi connectivity index (χ0v) is 15.1. The third-order valence-electron chi connectivity index (χ3n) is 4.05. The summed E-state index contributed by atoms with van der Waals surface area (Å²) in [5.41, 5.74) is -0.0800. The van der Waals surface area contributed by atoms with Gasteiger partial charge in [-0.15, -0.1) is 0 Å². The summed E-state index contributed by atoms with van der Waals surface area (Å²) in [5.74, 6) is 1.70. The van der Waals surface area contributed by atoms with Gasteiger partial charge in [0.15, 0.2) is 11.6 Å². The molecule has 1 aromatic carbocycles. The van der Waals surface area contributed by atoms with Crippen LogP contribution in [0.5, 0.6) is 5.75 Å².